The van der Waals surface area contributed by atoms with Crippen LogP contribution >= 0.6 is 11.6 Å². The molecule has 2 aromatic carbocycles. The number of carbonyl (C=O) groups is 3. The average Bonchev–Trinajstić information content (AvgIpc) is 2.79. The number of amides is 3. The van der Waals surface area contributed by atoms with Gasteiger partial charge in [-0.2, -0.15) is 13.2 Å². The second kappa shape index (κ2) is 6.45. The van der Waals surface area contributed by atoms with Gasteiger partial charge in [-0.25, -0.2) is 0 Å². The summed E-state index contributed by atoms with van der Waals surface area (Å²) >= 11 is 5.79. The third-order valence-corrected chi connectivity index (χ3v) is 3.98. The molecule has 26 heavy (non-hydrogen) atoms. The van der Waals surface area contributed by atoms with E-state index >= 15 is 0 Å². The molecule has 0 atom stereocenters. The van der Waals surface area contributed by atoms with Gasteiger partial charge in [0.05, 0.1) is 22.4 Å². The highest BCUT2D eigenvalue weighted by Crippen LogP contribution is 2.34. The monoisotopic (exact) mass is 382 g/mol. The molecule has 0 unspecified atom stereocenters. The van der Waals surface area contributed by atoms with E-state index in [4.69, 9.17) is 11.6 Å². The molecule has 0 saturated carbocycles. The molecule has 1 heterocycles. The van der Waals surface area contributed by atoms with Crippen LogP contribution in [-0.4, -0.2) is 29.2 Å². The Kier molecular flexibility index (Phi) is 4.45. The number of fused-ring (bicyclic) bond motifs is 1. The van der Waals surface area contributed by atoms with Gasteiger partial charge in [-0.05, 0) is 30.3 Å². The van der Waals surface area contributed by atoms with E-state index in [0.717, 1.165) is 12.1 Å². The fraction of sp³-hybridized carbons (Fsp3) is 0.118. The van der Waals surface area contributed by atoms with Crippen LogP contribution in [0.5, 0.6) is 0 Å². The molecular weight excluding hydrogens is 373 g/mol. The van der Waals surface area contributed by atoms with E-state index in [0.29, 0.717) is 4.90 Å². The summed E-state index contributed by atoms with van der Waals surface area (Å²) in [6.45, 7) is -0.712. The maximum absolute atomic E-state index is 13.0. The summed E-state index contributed by atoms with van der Waals surface area (Å²) in [5.41, 5.74) is -1.35. The van der Waals surface area contributed by atoms with Crippen LogP contribution < -0.4 is 5.32 Å². The van der Waals surface area contributed by atoms with Gasteiger partial charge in [0.25, 0.3) is 11.8 Å². The lowest BCUT2D eigenvalue weighted by Crippen LogP contribution is -2.37. The van der Waals surface area contributed by atoms with Crippen molar-refractivity contribution < 1.29 is 27.6 Å². The minimum atomic E-state index is -4.66. The summed E-state index contributed by atoms with van der Waals surface area (Å²) in [5.74, 6) is -2.37. The number of alkyl halides is 3. The first-order valence-electron chi connectivity index (χ1n) is 7.30. The van der Waals surface area contributed by atoms with Gasteiger partial charge < -0.3 is 5.32 Å². The molecular formula is C17H10ClF3N2O3. The molecule has 0 aromatic heterocycles. The number of hydrogen-bond donors (Lipinski definition) is 1. The smallest absolute Gasteiger partial charge is 0.324 e. The predicted octanol–water partition coefficient (Wildman–Crippen LogP) is 3.59. The predicted molar refractivity (Wildman–Crippen MR) is 86.9 cm³/mol. The molecule has 0 saturated heterocycles. The number of benzene rings is 2. The molecule has 0 spiro atoms. The van der Waals surface area contributed by atoms with Crippen LogP contribution in [0.3, 0.4) is 0 Å². The van der Waals surface area contributed by atoms with Crippen molar-refractivity contribution in [2.45, 2.75) is 6.18 Å². The summed E-state index contributed by atoms with van der Waals surface area (Å²) in [7, 11) is 0. The highest BCUT2D eigenvalue weighted by molar-refractivity contribution is 6.32. The SMILES string of the molecule is O=C(CN1C(=O)c2ccc(Cl)cc2C1=O)Nc1ccccc1C(F)(F)F. The van der Waals surface area contributed by atoms with E-state index in [1.54, 1.807) is 0 Å². The second-order valence-corrected chi connectivity index (χ2v) is 5.91. The Morgan fingerprint density at radius 3 is 2.38 bits per heavy atom. The number of hydrogen-bond acceptors (Lipinski definition) is 3. The van der Waals surface area contributed by atoms with Gasteiger partial charge in [-0.3, -0.25) is 19.3 Å². The Labute approximate surface area is 150 Å². The third kappa shape index (κ3) is 3.28. The number of imide groups is 1. The van der Waals surface area contributed by atoms with Gasteiger partial charge in [0, 0.05) is 5.02 Å². The van der Waals surface area contributed by atoms with Crippen LogP contribution in [0.2, 0.25) is 5.02 Å². The molecule has 0 bridgehead atoms. The second-order valence-electron chi connectivity index (χ2n) is 5.48. The van der Waals surface area contributed by atoms with Crippen molar-refractivity contribution in [1.82, 2.24) is 4.90 Å². The van der Waals surface area contributed by atoms with Crippen molar-refractivity contribution in [3.05, 3.63) is 64.2 Å². The summed E-state index contributed by atoms with van der Waals surface area (Å²) in [6.07, 6.45) is -4.66. The lowest BCUT2D eigenvalue weighted by molar-refractivity contribution is -0.137. The Morgan fingerprint density at radius 1 is 1.04 bits per heavy atom. The van der Waals surface area contributed by atoms with Crippen LogP contribution in [0, 0.1) is 0 Å². The number of para-hydroxylation sites is 1. The molecule has 0 fully saturated rings. The molecule has 2 aromatic rings. The molecule has 0 aliphatic carbocycles. The van der Waals surface area contributed by atoms with Crippen LogP contribution in [0.4, 0.5) is 18.9 Å². The highest BCUT2D eigenvalue weighted by atomic mass is 35.5. The number of halogens is 4. The highest BCUT2D eigenvalue weighted by Gasteiger charge is 2.37. The first kappa shape index (κ1) is 17.9. The first-order valence-corrected chi connectivity index (χ1v) is 7.68. The van der Waals surface area contributed by atoms with Crippen molar-refractivity contribution in [1.29, 1.82) is 0 Å². The van der Waals surface area contributed by atoms with E-state index in [1.807, 2.05) is 0 Å². The van der Waals surface area contributed by atoms with Crippen LogP contribution in [0.25, 0.3) is 0 Å². The van der Waals surface area contributed by atoms with Crippen molar-refractivity contribution in [3.63, 3.8) is 0 Å². The van der Waals surface area contributed by atoms with Gasteiger partial charge in [-0.15, -0.1) is 0 Å². The summed E-state index contributed by atoms with van der Waals surface area (Å²) in [6, 6.07) is 8.50. The maximum atomic E-state index is 13.0. The van der Waals surface area contributed by atoms with Crippen molar-refractivity contribution in [3.8, 4) is 0 Å². The zero-order valence-corrected chi connectivity index (χ0v) is 13.7. The van der Waals surface area contributed by atoms with E-state index in [2.05, 4.69) is 5.32 Å². The molecule has 1 aliphatic rings. The van der Waals surface area contributed by atoms with Crippen LogP contribution in [0.1, 0.15) is 26.3 Å². The Hall–Kier alpha value is -2.87. The molecule has 1 N–H and O–H groups in total. The zero-order chi connectivity index (χ0) is 19.1. The number of nitrogens with zero attached hydrogens (tertiary/aromatic N) is 1. The van der Waals surface area contributed by atoms with Crippen molar-refractivity contribution in [2.24, 2.45) is 0 Å². The van der Waals surface area contributed by atoms with Gasteiger partial charge in [0.2, 0.25) is 5.91 Å². The van der Waals surface area contributed by atoms with E-state index in [9.17, 15) is 27.6 Å². The zero-order valence-electron chi connectivity index (χ0n) is 12.9. The van der Waals surface area contributed by atoms with E-state index in [-0.39, 0.29) is 16.1 Å². The van der Waals surface area contributed by atoms with Crippen LogP contribution in [-0.2, 0) is 11.0 Å². The topological polar surface area (TPSA) is 66.5 Å². The molecule has 1 aliphatic heterocycles. The van der Waals surface area contributed by atoms with Gasteiger partial charge in [0.1, 0.15) is 6.54 Å². The van der Waals surface area contributed by atoms with Crippen molar-refractivity contribution in [2.75, 3.05) is 11.9 Å². The molecule has 0 radical (unpaired) electrons. The normalized spacial score (nSPS) is 13.8. The third-order valence-electron chi connectivity index (χ3n) is 3.74. The number of carbonyl (C=O) groups excluding carboxylic acids is 3. The van der Waals surface area contributed by atoms with E-state index < -0.39 is 41.7 Å². The summed E-state index contributed by atoms with van der Waals surface area (Å²) in [4.78, 5) is 37.3. The Balaban J connectivity index is 1.78. The fourth-order valence-corrected chi connectivity index (χ4v) is 2.75. The minimum Gasteiger partial charge on any atom is -0.324 e. The van der Waals surface area contributed by atoms with Gasteiger partial charge >= 0.3 is 6.18 Å². The lowest BCUT2D eigenvalue weighted by Gasteiger charge is -2.16. The van der Waals surface area contributed by atoms with Gasteiger partial charge in [-0.1, -0.05) is 23.7 Å². The fourth-order valence-electron chi connectivity index (χ4n) is 2.58. The molecule has 3 amide bonds. The first-order chi connectivity index (χ1) is 12.2. The molecule has 9 heteroatoms. The summed E-state index contributed by atoms with van der Waals surface area (Å²) in [5, 5.41) is 2.34. The molecule has 134 valence electrons. The van der Waals surface area contributed by atoms with Gasteiger partial charge in [0.15, 0.2) is 0 Å². The number of anilines is 1. The minimum absolute atomic E-state index is 0.0472. The average molecular weight is 383 g/mol. The van der Waals surface area contributed by atoms with Crippen molar-refractivity contribution >= 4 is 35.0 Å². The summed E-state index contributed by atoms with van der Waals surface area (Å²) < 4.78 is 38.9. The van der Waals surface area contributed by atoms with Crippen LogP contribution in [0.15, 0.2) is 42.5 Å². The molecule has 3 rings (SSSR count). The Bertz CT molecular complexity index is 928. The molecule has 5 nitrogen and oxygen atoms in total. The number of nitrogens with one attached hydrogen (secondary N) is 1. The Morgan fingerprint density at radius 2 is 1.69 bits per heavy atom. The lowest BCUT2D eigenvalue weighted by atomic mass is 10.1. The number of rotatable bonds is 3. The quantitative estimate of drug-likeness (QED) is 0.825. The largest absolute Gasteiger partial charge is 0.418 e. The standard InChI is InChI=1S/C17H10ClF3N2O3/c18-9-5-6-10-11(7-9)16(26)23(15(10)25)8-14(24)22-13-4-2-1-3-12(13)17(19,20)21/h1-7H,8H2,(H,22,24). The maximum Gasteiger partial charge on any atom is 0.418 e. The van der Waals surface area contributed by atoms with E-state index in [1.165, 1.54) is 30.3 Å².